The van der Waals surface area contributed by atoms with E-state index in [4.69, 9.17) is 10.2 Å². The highest BCUT2D eigenvalue weighted by Gasteiger charge is 2.26. The van der Waals surface area contributed by atoms with Crippen LogP contribution in [0, 0.1) is 0 Å². The molecule has 0 aliphatic carbocycles. The largest absolute Gasteiger partial charge is 0.454 e. The molecule has 1 aliphatic rings. The van der Waals surface area contributed by atoms with E-state index < -0.39 is 5.91 Å². The number of carbonyl (C=O) groups is 1. The minimum absolute atomic E-state index is 0.166. The number of amides is 1. The Balaban J connectivity index is 1.47. The van der Waals surface area contributed by atoms with Crippen LogP contribution in [0.25, 0.3) is 0 Å². The number of hydrogen-bond acceptors (Lipinski definition) is 4. The maximum Gasteiger partial charge on any atom is 0.284 e. The lowest BCUT2D eigenvalue weighted by molar-refractivity contribution is 0.0972. The smallest absolute Gasteiger partial charge is 0.284 e. The van der Waals surface area contributed by atoms with Crippen molar-refractivity contribution in [1.82, 2.24) is 15.5 Å². The van der Waals surface area contributed by atoms with Crippen molar-refractivity contribution >= 4 is 11.9 Å². The monoisotopic (exact) mass is 383 g/mol. The fraction of sp³-hybridized carbons (Fsp3) is 0.429. The van der Waals surface area contributed by atoms with Crippen molar-refractivity contribution in [2.45, 2.75) is 44.9 Å². The Bertz CT molecular complexity index is 802. The third kappa shape index (κ3) is 5.36. The average molecular weight is 383 g/mol. The van der Waals surface area contributed by atoms with Crippen LogP contribution in [0.4, 0.5) is 0 Å². The molecule has 0 bridgehead atoms. The van der Waals surface area contributed by atoms with Crippen molar-refractivity contribution in [3.63, 3.8) is 0 Å². The molecule has 2 aromatic rings. The number of nitrogens with two attached hydrogens (primary N) is 1. The van der Waals surface area contributed by atoms with Crippen LogP contribution in [0.3, 0.4) is 0 Å². The minimum atomic E-state index is -0.565. The number of rotatable bonds is 6. The number of nitrogens with zero attached hydrogens (tertiary/aromatic N) is 2. The Morgan fingerprint density at radius 1 is 1.29 bits per heavy atom. The molecule has 3 rings (SSSR count). The Morgan fingerprint density at radius 2 is 2.07 bits per heavy atom. The summed E-state index contributed by atoms with van der Waals surface area (Å²) in [7, 11) is 1.75. The number of likely N-dealkylation sites (tertiary alicyclic amines) is 1. The van der Waals surface area contributed by atoms with Gasteiger partial charge in [0.05, 0.1) is 6.54 Å². The van der Waals surface area contributed by atoms with E-state index in [1.807, 2.05) is 0 Å². The van der Waals surface area contributed by atoms with Gasteiger partial charge in [-0.2, -0.15) is 0 Å². The predicted molar refractivity (Wildman–Crippen MR) is 110 cm³/mol. The molecule has 150 valence electrons. The van der Waals surface area contributed by atoms with Gasteiger partial charge >= 0.3 is 0 Å². The summed E-state index contributed by atoms with van der Waals surface area (Å²) in [5.41, 5.74) is 6.57. The number of piperidine rings is 1. The molecule has 4 N–H and O–H groups in total. The number of aliphatic imine (C=N–C) groups is 1. The summed E-state index contributed by atoms with van der Waals surface area (Å²) in [6, 6.07) is 14.8. The van der Waals surface area contributed by atoms with Crippen LogP contribution in [0.5, 0.6) is 0 Å². The Morgan fingerprint density at radius 3 is 2.71 bits per heavy atom. The number of nitrogens with one attached hydrogen (secondary N) is 2. The van der Waals surface area contributed by atoms with Gasteiger partial charge in [0.2, 0.25) is 0 Å². The second-order valence-electron chi connectivity index (χ2n) is 7.23. The van der Waals surface area contributed by atoms with Crippen molar-refractivity contribution in [2.75, 3.05) is 13.6 Å². The van der Waals surface area contributed by atoms with Crippen LogP contribution in [0.1, 0.15) is 41.6 Å². The summed E-state index contributed by atoms with van der Waals surface area (Å²) in [5, 5.41) is 6.73. The molecule has 1 aromatic heterocycles. The highest BCUT2D eigenvalue weighted by Crippen LogP contribution is 2.20. The summed E-state index contributed by atoms with van der Waals surface area (Å²) < 4.78 is 5.39. The van der Waals surface area contributed by atoms with Gasteiger partial charge in [0, 0.05) is 32.2 Å². The van der Waals surface area contributed by atoms with Gasteiger partial charge < -0.3 is 20.8 Å². The van der Waals surface area contributed by atoms with E-state index in [2.05, 4.69) is 57.8 Å². The molecule has 7 nitrogen and oxygen atoms in total. The third-order valence-electron chi connectivity index (χ3n) is 5.14. The molecule has 0 spiro atoms. The third-order valence-corrected chi connectivity index (χ3v) is 5.14. The molecular formula is C21H29N5O2. The van der Waals surface area contributed by atoms with Crippen molar-refractivity contribution in [3.05, 3.63) is 59.5 Å². The van der Waals surface area contributed by atoms with Gasteiger partial charge in [-0.3, -0.25) is 14.7 Å². The highest BCUT2D eigenvalue weighted by molar-refractivity contribution is 5.89. The van der Waals surface area contributed by atoms with Crippen LogP contribution in [0.15, 0.2) is 51.9 Å². The highest BCUT2D eigenvalue weighted by atomic mass is 16.3. The molecule has 1 aliphatic heterocycles. The molecule has 1 aromatic carbocycles. The minimum Gasteiger partial charge on any atom is -0.454 e. The number of primary amides is 1. The second kappa shape index (κ2) is 9.41. The zero-order valence-corrected chi connectivity index (χ0v) is 16.5. The maximum atomic E-state index is 11.1. The summed E-state index contributed by atoms with van der Waals surface area (Å²) in [5.74, 6) is 0.970. The summed E-state index contributed by atoms with van der Waals surface area (Å²) in [6.07, 6.45) is 2.12. The second-order valence-corrected chi connectivity index (χ2v) is 7.23. The zero-order chi connectivity index (χ0) is 19.9. The van der Waals surface area contributed by atoms with Gasteiger partial charge in [-0.05, 0) is 37.5 Å². The lowest BCUT2D eigenvalue weighted by Crippen LogP contribution is -2.51. The molecule has 1 fully saturated rings. The van der Waals surface area contributed by atoms with Crippen LogP contribution in [0.2, 0.25) is 0 Å². The van der Waals surface area contributed by atoms with Gasteiger partial charge in [-0.1, -0.05) is 30.3 Å². The number of hydrogen-bond donors (Lipinski definition) is 3. The number of guanidine groups is 1. The number of carbonyl (C=O) groups excluding carboxylic acids is 1. The molecule has 7 heteroatoms. The zero-order valence-electron chi connectivity index (χ0n) is 16.5. The molecular weight excluding hydrogens is 354 g/mol. The molecule has 2 unspecified atom stereocenters. The molecule has 1 amide bonds. The van der Waals surface area contributed by atoms with E-state index in [0.717, 1.165) is 31.9 Å². The molecule has 0 radical (unpaired) electrons. The predicted octanol–water partition coefficient (Wildman–Crippen LogP) is 2.10. The van der Waals surface area contributed by atoms with Crippen molar-refractivity contribution in [1.29, 1.82) is 0 Å². The van der Waals surface area contributed by atoms with Crippen LogP contribution in [-0.2, 0) is 13.1 Å². The fourth-order valence-corrected chi connectivity index (χ4v) is 3.57. The molecule has 2 heterocycles. The molecule has 2 atom stereocenters. The Kier molecular flexibility index (Phi) is 6.71. The lowest BCUT2D eigenvalue weighted by atomic mass is 9.97. The van der Waals surface area contributed by atoms with Crippen LogP contribution >= 0.6 is 0 Å². The van der Waals surface area contributed by atoms with Gasteiger partial charge in [0.25, 0.3) is 5.91 Å². The topological polar surface area (TPSA) is 95.9 Å². The van der Waals surface area contributed by atoms with Gasteiger partial charge in [-0.25, -0.2) is 0 Å². The lowest BCUT2D eigenvalue weighted by Gasteiger charge is -2.38. The molecule has 0 saturated carbocycles. The van der Waals surface area contributed by atoms with E-state index in [9.17, 15) is 4.79 Å². The Hall–Kier alpha value is -2.80. The van der Waals surface area contributed by atoms with Gasteiger partial charge in [-0.15, -0.1) is 0 Å². The van der Waals surface area contributed by atoms with Gasteiger partial charge in [0.1, 0.15) is 5.76 Å². The first-order valence-corrected chi connectivity index (χ1v) is 9.69. The van der Waals surface area contributed by atoms with E-state index in [0.29, 0.717) is 24.4 Å². The number of benzene rings is 1. The summed E-state index contributed by atoms with van der Waals surface area (Å²) >= 11 is 0. The normalized spacial score (nSPS) is 20.7. The van der Waals surface area contributed by atoms with Crippen LogP contribution < -0.4 is 16.4 Å². The molecule has 1 saturated heterocycles. The standard InChI is InChI=1S/C21H29N5O2/c1-15-12-17(10-11-26(15)14-16-6-4-3-5-7-16)25-21(23-2)24-13-18-8-9-19(28-18)20(22)27/h3-9,15,17H,10-14H2,1-2H3,(H2,22,27)(H2,23,24,25). The van der Waals surface area contributed by atoms with E-state index in [1.54, 1.807) is 19.2 Å². The number of furan rings is 1. The van der Waals surface area contributed by atoms with E-state index in [-0.39, 0.29) is 5.76 Å². The van der Waals surface area contributed by atoms with E-state index in [1.165, 1.54) is 5.56 Å². The summed E-state index contributed by atoms with van der Waals surface area (Å²) in [4.78, 5) is 17.9. The van der Waals surface area contributed by atoms with Gasteiger partial charge in [0.15, 0.2) is 11.7 Å². The van der Waals surface area contributed by atoms with Crippen molar-refractivity contribution in [2.24, 2.45) is 10.7 Å². The maximum absolute atomic E-state index is 11.1. The fourth-order valence-electron chi connectivity index (χ4n) is 3.57. The average Bonchev–Trinajstić information content (AvgIpc) is 3.17. The van der Waals surface area contributed by atoms with Crippen molar-refractivity contribution < 1.29 is 9.21 Å². The Labute approximate surface area is 166 Å². The summed E-state index contributed by atoms with van der Waals surface area (Å²) in [6.45, 7) is 4.75. The first-order valence-electron chi connectivity index (χ1n) is 9.69. The first-order chi connectivity index (χ1) is 13.5. The van der Waals surface area contributed by atoms with E-state index >= 15 is 0 Å². The molecule has 28 heavy (non-hydrogen) atoms. The van der Waals surface area contributed by atoms with Crippen LogP contribution in [-0.4, -0.2) is 42.4 Å². The van der Waals surface area contributed by atoms with Crippen molar-refractivity contribution in [3.8, 4) is 0 Å². The quantitative estimate of drug-likeness (QED) is 0.524. The first kappa shape index (κ1) is 19.9. The SMILES string of the molecule is CN=C(NCc1ccc(C(N)=O)o1)NC1CCN(Cc2ccccc2)C(C)C1.